The predicted molar refractivity (Wildman–Crippen MR) is 133 cm³/mol. The number of hydrogen-bond acceptors (Lipinski definition) is 6. The van der Waals surface area contributed by atoms with E-state index in [1.165, 1.54) is 6.33 Å². The number of nitrogens with two attached hydrogens (primary N) is 1. The smallest absolute Gasteiger partial charge is 0.323 e. The van der Waals surface area contributed by atoms with Gasteiger partial charge in [-0.15, -0.1) is 0 Å². The second-order valence-electron chi connectivity index (χ2n) is 8.60. The van der Waals surface area contributed by atoms with Gasteiger partial charge in [-0.05, 0) is 36.8 Å². The van der Waals surface area contributed by atoms with E-state index >= 15 is 8.78 Å². The number of anilines is 3. The molecule has 1 fully saturated rings. The van der Waals surface area contributed by atoms with Gasteiger partial charge in [0.15, 0.2) is 5.82 Å². The van der Waals surface area contributed by atoms with Crippen molar-refractivity contribution in [1.82, 2.24) is 19.5 Å². The predicted octanol–water partition coefficient (Wildman–Crippen LogP) is 4.04. The number of nitrogens with one attached hydrogen (secondary N) is 2. The molecule has 0 atom stereocenters. The van der Waals surface area contributed by atoms with Crippen molar-refractivity contribution < 1.29 is 18.3 Å². The van der Waals surface area contributed by atoms with Crippen LogP contribution < -0.4 is 16.4 Å². The van der Waals surface area contributed by atoms with Crippen LogP contribution in [0.25, 0.3) is 16.6 Å². The summed E-state index contributed by atoms with van der Waals surface area (Å²) in [6, 6.07) is 10.2. The number of aromatic nitrogens is 3. The minimum Gasteiger partial charge on any atom is -0.382 e. The second-order valence-corrected chi connectivity index (χ2v) is 8.60. The summed E-state index contributed by atoms with van der Waals surface area (Å²) in [5.74, 6) is -1.38. The molecule has 2 amide bonds. The van der Waals surface area contributed by atoms with Gasteiger partial charge in [-0.2, -0.15) is 5.10 Å². The van der Waals surface area contributed by atoms with Crippen LogP contribution >= 0.6 is 0 Å². The third kappa shape index (κ3) is 4.83. The second kappa shape index (κ2) is 9.88. The maximum Gasteiger partial charge on any atom is 0.323 e. The van der Waals surface area contributed by atoms with Crippen molar-refractivity contribution in [2.75, 3.05) is 42.7 Å². The first-order valence-corrected chi connectivity index (χ1v) is 11.4. The molecule has 4 N–H and O–H groups in total. The Labute approximate surface area is 205 Å². The van der Waals surface area contributed by atoms with Gasteiger partial charge in [0.05, 0.1) is 24.6 Å². The Morgan fingerprint density at radius 2 is 1.89 bits per heavy atom. The zero-order valence-corrected chi connectivity index (χ0v) is 19.6. The molecule has 11 heteroatoms. The summed E-state index contributed by atoms with van der Waals surface area (Å²) in [7, 11) is 0. The Balaban J connectivity index is 1.45. The minimum absolute atomic E-state index is 0.00984. The van der Waals surface area contributed by atoms with Crippen LogP contribution in [0.4, 0.5) is 30.8 Å². The van der Waals surface area contributed by atoms with Gasteiger partial charge in [0.25, 0.3) is 0 Å². The molecule has 0 saturated carbocycles. The van der Waals surface area contributed by atoms with Gasteiger partial charge in [0, 0.05) is 42.5 Å². The number of hydrogen-bond donors (Lipinski definition) is 3. The number of halogens is 2. The van der Waals surface area contributed by atoms with E-state index < -0.39 is 17.7 Å². The van der Waals surface area contributed by atoms with E-state index in [0.29, 0.717) is 36.5 Å². The van der Waals surface area contributed by atoms with Gasteiger partial charge in [-0.25, -0.2) is 23.1 Å². The molecule has 186 valence electrons. The molecule has 1 aliphatic rings. The molecule has 5 rings (SSSR count). The van der Waals surface area contributed by atoms with Gasteiger partial charge in [-0.1, -0.05) is 12.1 Å². The highest BCUT2D eigenvalue weighted by Crippen LogP contribution is 2.35. The van der Waals surface area contributed by atoms with E-state index in [-0.39, 0.29) is 17.1 Å². The zero-order chi connectivity index (χ0) is 25.2. The lowest BCUT2D eigenvalue weighted by atomic mass is 10.0. The monoisotopic (exact) mass is 493 g/mol. The molecule has 2 aromatic heterocycles. The average Bonchev–Trinajstić information content (AvgIpc) is 3.21. The molecule has 36 heavy (non-hydrogen) atoms. The molecule has 1 saturated heterocycles. The van der Waals surface area contributed by atoms with Gasteiger partial charge in [0.2, 0.25) is 0 Å². The number of nitrogens with zero attached hydrogens (tertiary/aromatic N) is 4. The summed E-state index contributed by atoms with van der Waals surface area (Å²) in [6.45, 7) is 5.16. The lowest BCUT2D eigenvalue weighted by Gasteiger charge is -2.26. The number of ether oxygens (including phenoxy) is 1. The quantitative estimate of drug-likeness (QED) is 0.387. The number of fused-ring (bicyclic) bond motifs is 1. The van der Waals surface area contributed by atoms with E-state index in [2.05, 4.69) is 25.6 Å². The van der Waals surface area contributed by atoms with Gasteiger partial charge in [0.1, 0.15) is 23.5 Å². The Morgan fingerprint density at radius 1 is 1.08 bits per heavy atom. The number of amides is 2. The molecule has 9 nitrogen and oxygen atoms in total. The van der Waals surface area contributed by atoms with Crippen LogP contribution in [0, 0.1) is 18.6 Å². The Bertz CT molecular complexity index is 1430. The minimum atomic E-state index is -0.796. The van der Waals surface area contributed by atoms with Gasteiger partial charge < -0.3 is 21.1 Å². The SMILES string of the molecule is Cc1cccc(NC(=O)Nc2cc(F)c(-c3cc(CN4CCOCC4)n4ncnc(N)c34)cc2F)c1. The van der Waals surface area contributed by atoms with E-state index in [1.807, 2.05) is 13.0 Å². The summed E-state index contributed by atoms with van der Waals surface area (Å²) in [5.41, 5.74) is 8.82. The molecular formula is C25H25F2N7O2. The highest BCUT2D eigenvalue weighted by atomic mass is 19.1. The third-order valence-electron chi connectivity index (χ3n) is 6.02. The Kier molecular flexibility index (Phi) is 6.49. The molecular weight excluding hydrogens is 468 g/mol. The molecule has 2 aromatic carbocycles. The summed E-state index contributed by atoms with van der Waals surface area (Å²) in [4.78, 5) is 18.6. The summed E-state index contributed by atoms with van der Waals surface area (Å²) in [5, 5.41) is 9.27. The molecule has 0 aliphatic carbocycles. The summed E-state index contributed by atoms with van der Waals surface area (Å²) < 4.78 is 37.4. The molecule has 1 aliphatic heterocycles. The molecule has 0 bridgehead atoms. The zero-order valence-electron chi connectivity index (χ0n) is 19.6. The maximum atomic E-state index is 15.3. The van der Waals surface area contributed by atoms with Crippen molar-refractivity contribution in [3.05, 3.63) is 71.7 Å². The van der Waals surface area contributed by atoms with Crippen LogP contribution in [0.5, 0.6) is 0 Å². The number of morpholine rings is 1. The van der Waals surface area contributed by atoms with E-state index in [9.17, 15) is 4.79 Å². The fraction of sp³-hybridized carbons (Fsp3) is 0.240. The summed E-state index contributed by atoms with van der Waals surface area (Å²) in [6.07, 6.45) is 1.33. The van der Waals surface area contributed by atoms with E-state index in [0.717, 1.165) is 36.5 Å². The number of carbonyl (C=O) groups excluding carboxylic acids is 1. The van der Waals surface area contributed by atoms with Gasteiger partial charge >= 0.3 is 6.03 Å². The largest absolute Gasteiger partial charge is 0.382 e. The first-order chi connectivity index (χ1) is 17.4. The standard InChI is InChI=1S/C25H25F2N7O2/c1-15-3-2-4-16(9-15)31-25(35)32-22-12-20(26)18(11-21(22)27)19-10-17(13-33-5-7-36-8-6-33)34-23(19)24(28)29-14-30-34/h2-4,9-12,14H,5-8,13H2,1H3,(H2,28,29,30)(H2,31,32,35). The van der Waals surface area contributed by atoms with Crippen LogP contribution in [0.3, 0.4) is 0 Å². The molecule has 0 unspecified atom stereocenters. The van der Waals surface area contributed by atoms with E-state index in [1.54, 1.807) is 28.8 Å². The van der Waals surface area contributed by atoms with Crippen molar-refractivity contribution in [1.29, 1.82) is 0 Å². The fourth-order valence-electron chi connectivity index (χ4n) is 4.30. The van der Waals surface area contributed by atoms with Crippen molar-refractivity contribution in [3.8, 4) is 11.1 Å². The van der Waals surface area contributed by atoms with Crippen molar-refractivity contribution in [2.24, 2.45) is 0 Å². The Hall–Kier alpha value is -4.09. The lowest BCUT2D eigenvalue weighted by molar-refractivity contribution is 0.0334. The van der Waals surface area contributed by atoms with Crippen LogP contribution in [0.15, 0.2) is 48.8 Å². The molecule has 0 spiro atoms. The molecule has 0 radical (unpaired) electrons. The highest BCUT2D eigenvalue weighted by Gasteiger charge is 2.22. The van der Waals surface area contributed by atoms with Crippen LogP contribution in [0.2, 0.25) is 0 Å². The first-order valence-electron chi connectivity index (χ1n) is 11.4. The van der Waals surface area contributed by atoms with E-state index in [4.69, 9.17) is 10.5 Å². The number of carbonyl (C=O) groups is 1. The number of aryl methyl sites for hydroxylation is 1. The number of rotatable bonds is 5. The lowest BCUT2D eigenvalue weighted by Crippen LogP contribution is -2.36. The summed E-state index contributed by atoms with van der Waals surface area (Å²) >= 11 is 0. The third-order valence-corrected chi connectivity index (χ3v) is 6.02. The van der Waals surface area contributed by atoms with Crippen LogP contribution in [-0.4, -0.2) is 51.8 Å². The van der Waals surface area contributed by atoms with Crippen molar-refractivity contribution >= 4 is 28.7 Å². The number of benzene rings is 2. The molecule has 3 heterocycles. The van der Waals surface area contributed by atoms with Crippen LogP contribution in [0.1, 0.15) is 11.3 Å². The number of urea groups is 1. The topological polar surface area (TPSA) is 110 Å². The van der Waals surface area contributed by atoms with Gasteiger partial charge in [-0.3, -0.25) is 4.90 Å². The highest BCUT2D eigenvalue weighted by molar-refractivity contribution is 6.00. The molecule has 4 aromatic rings. The maximum absolute atomic E-state index is 15.3. The van der Waals surface area contributed by atoms with Crippen molar-refractivity contribution in [2.45, 2.75) is 13.5 Å². The first kappa shape index (κ1) is 23.6. The normalized spacial score (nSPS) is 14.2. The number of nitrogen functional groups attached to an aromatic ring is 1. The van der Waals surface area contributed by atoms with Crippen molar-refractivity contribution in [3.63, 3.8) is 0 Å². The Morgan fingerprint density at radius 3 is 2.67 bits per heavy atom. The van der Waals surface area contributed by atoms with Crippen LogP contribution in [-0.2, 0) is 11.3 Å². The average molecular weight is 494 g/mol. The fourth-order valence-corrected chi connectivity index (χ4v) is 4.30.